The summed E-state index contributed by atoms with van der Waals surface area (Å²) in [6, 6.07) is 4.09. The minimum absolute atomic E-state index is 0.148. The number of nitrogens with zero attached hydrogens (tertiary/aromatic N) is 3. The monoisotopic (exact) mass is 370 g/mol. The van der Waals surface area contributed by atoms with E-state index >= 15 is 0 Å². The summed E-state index contributed by atoms with van der Waals surface area (Å²) in [5.74, 6) is 1.33. The van der Waals surface area contributed by atoms with Crippen molar-refractivity contribution in [2.75, 3.05) is 39.8 Å². The van der Waals surface area contributed by atoms with Crippen molar-refractivity contribution in [1.29, 1.82) is 0 Å². The zero-order chi connectivity index (χ0) is 16.9. The van der Waals surface area contributed by atoms with Crippen molar-refractivity contribution in [3.8, 4) is 0 Å². The number of halogens is 1. The lowest BCUT2D eigenvalue weighted by molar-refractivity contribution is 0.132. The molecular weight excluding hydrogens is 344 g/mol. The van der Waals surface area contributed by atoms with Crippen molar-refractivity contribution in [1.82, 2.24) is 15.1 Å². The molecule has 0 amide bonds. The first kappa shape index (κ1) is 18.0. The molecule has 2 heterocycles. The van der Waals surface area contributed by atoms with Crippen LogP contribution in [0.1, 0.15) is 24.1 Å². The van der Waals surface area contributed by atoms with Gasteiger partial charge in [-0.05, 0) is 25.0 Å². The van der Waals surface area contributed by atoms with Gasteiger partial charge in [-0.2, -0.15) is 0 Å². The average Bonchev–Trinajstić information content (AvgIpc) is 3.18. The Hall–Kier alpha value is -0.820. The molecular formula is C17H27ClN4OS. The Bertz CT molecular complexity index is 557. The second-order valence-corrected chi connectivity index (χ2v) is 8.46. The van der Waals surface area contributed by atoms with Crippen molar-refractivity contribution in [3.05, 3.63) is 21.3 Å². The Morgan fingerprint density at radius 2 is 2.12 bits per heavy atom. The molecule has 1 saturated heterocycles. The quantitative estimate of drug-likeness (QED) is 0.630. The summed E-state index contributed by atoms with van der Waals surface area (Å²) in [6.45, 7) is 5.82. The number of aliphatic hydroxyl groups is 1. The van der Waals surface area contributed by atoms with Crippen LogP contribution in [0.4, 0.5) is 0 Å². The van der Waals surface area contributed by atoms with E-state index in [9.17, 15) is 5.11 Å². The molecule has 3 rings (SSSR count). The van der Waals surface area contributed by atoms with Gasteiger partial charge in [-0.15, -0.1) is 11.3 Å². The molecule has 1 aromatic rings. The van der Waals surface area contributed by atoms with Crippen LogP contribution in [-0.4, -0.2) is 66.7 Å². The third kappa shape index (κ3) is 4.63. The average molecular weight is 371 g/mol. The van der Waals surface area contributed by atoms with E-state index in [4.69, 9.17) is 11.6 Å². The highest BCUT2D eigenvalue weighted by Gasteiger charge is 2.26. The maximum Gasteiger partial charge on any atom is 0.193 e. The lowest BCUT2D eigenvalue weighted by Gasteiger charge is -2.36. The van der Waals surface area contributed by atoms with Gasteiger partial charge >= 0.3 is 0 Å². The molecule has 2 N–H and O–H groups in total. The standard InChI is InChI=1S/C17H27ClN4OS/c1-19-17(20-11-13-3-2-4-15(13)23)22-9-7-21(8-10-22)12-14-5-6-16(18)24-14/h5-6,13,15,23H,2-4,7-12H2,1H3,(H,19,20). The molecule has 2 aliphatic rings. The lowest BCUT2D eigenvalue weighted by Crippen LogP contribution is -2.52. The van der Waals surface area contributed by atoms with Crippen molar-refractivity contribution in [2.45, 2.75) is 31.9 Å². The van der Waals surface area contributed by atoms with Crippen LogP contribution in [0.15, 0.2) is 17.1 Å². The molecule has 2 fully saturated rings. The molecule has 1 aliphatic carbocycles. The van der Waals surface area contributed by atoms with Gasteiger partial charge in [0.25, 0.3) is 0 Å². The molecule has 2 unspecified atom stereocenters. The minimum atomic E-state index is -0.148. The molecule has 7 heteroatoms. The molecule has 0 aromatic carbocycles. The van der Waals surface area contributed by atoms with Crippen molar-refractivity contribution in [3.63, 3.8) is 0 Å². The van der Waals surface area contributed by atoms with E-state index in [0.717, 1.165) is 68.8 Å². The second kappa shape index (κ2) is 8.52. The molecule has 1 aliphatic heterocycles. The van der Waals surface area contributed by atoms with Gasteiger partial charge in [-0.3, -0.25) is 9.89 Å². The van der Waals surface area contributed by atoms with Crippen molar-refractivity contribution >= 4 is 28.9 Å². The van der Waals surface area contributed by atoms with Gasteiger partial charge in [-0.25, -0.2) is 0 Å². The fraction of sp³-hybridized carbons (Fsp3) is 0.706. The second-order valence-electron chi connectivity index (χ2n) is 6.66. The van der Waals surface area contributed by atoms with E-state index in [-0.39, 0.29) is 6.10 Å². The fourth-order valence-electron chi connectivity index (χ4n) is 3.58. The van der Waals surface area contributed by atoms with E-state index in [2.05, 4.69) is 26.2 Å². The van der Waals surface area contributed by atoms with Crippen LogP contribution in [0.3, 0.4) is 0 Å². The summed E-state index contributed by atoms with van der Waals surface area (Å²) in [6.07, 6.45) is 3.04. The first-order valence-electron chi connectivity index (χ1n) is 8.76. The van der Waals surface area contributed by atoms with Gasteiger partial charge in [0, 0.05) is 57.1 Å². The number of nitrogens with one attached hydrogen (secondary N) is 1. The van der Waals surface area contributed by atoms with Crippen LogP contribution in [0, 0.1) is 5.92 Å². The van der Waals surface area contributed by atoms with Crippen LogP contribution >= 0.6 is 22.9 Å². The van der Waals surface area contributed by atoms with Gasteiger partial charge < -0.3 is 15.3 Å². The fourth-order valence-corrected chi connectivity index (χ4v) is 4.71. The summed E-state index contributed by atoms with van der Waals surface area (Å²) in [7, 11) is 1.84. The van der Waals surface area contributed by atoms with Gasteiger partial charge in [0.15, 0.2) is 5.96 Å². The van der Waals surface area contributed by atoms with E-state index in [1.807, 2.05) is 13.1 Å². The first-order valence-corrected chi connectivity index (χ1v) is 9.95. The third-order valence-electron chi connectivity index (χ3n) is 5.03. The largest absolute Gasteiger partial charge is 0.393 e. The van der Waals surface area contributed by atoms with Crippen molar-refractivity contribution < 1.29 is 5.11 Å². The maximum absolute atomic E-state index is 9.95. The van der Waals surface area contributed by atoms with Gasteiger partial charge in [0.2, 0.25) is 0 Å². The number of guanidine groups is 1. The van der Waals surface area contributed by atoms with Crippen molar-refractivity contribution in [2.24, 2.45) is 10.9 Å². The summed E-state index contributed by atoms with van der Waals surface area (Å²) in [5, 5.41) is 13.4. The number of hydrogen-bond donors (Lipinski definition) is 2. The summed E-state index contributed by atoms with van der Waals surface area (Å²) >= 11 is 7.68. The Morgan fingerprint density at radius 3 is 2.71 bits per heavy atom. The Balaban J connectivity index is 1.44. The molecule has 0 spiro atoms. The van der Waals surface area contributed by atoms with Crippen LogP contribution in [-0.2, 0) is 6.54 Å². The third-order valence-corrected chi connectivity index (χ3v) is 6.25. The predicted octanol–water partition coefficient (Wildman–Crippen LogP) is 2.26. The summed E-state index contributed by atoms with van der Waals surface area (Å²) < 4.78 is 0.863. The molecule has 0 radical (unpaired) electrons. The highest BCUT2D eigenvalue weighted by Crippen LogP contribution is 2.25. The number of piperazine rings is 1. The predicted molar refractivity (Wildman–Crippen MR) is 101 cm³/mol. The SMILES string of the molecule is CN=C(NCC1CCCC1O)N1CCN(Cc2ccc(Cl)s2)CC1. The van der Waals surface area contributed by atoms with E-state index in [1.54, 1.807) is 11.3 Å². The number of aliphatic hydroxyl groups excluding tert-OH is 1. The normalized spacial score (nSPS) is 26.1. The molecule has 5 nitrogen and oxygen atoms in total. The zero-order valence-corrected chi connectivity index (χ0v) is 15.8. The summed E-state index contributed by atoms with van der Waals surface area (Å²) in [5.41, 5.74) is 0. The van der Waals surface area contributed by atoms with Crippen LogP contribution < -0.4 is 5.32 Å². The van der Waals surface area contributed by atoms with Crippen LogP contribution in [0.25, 0.3) is 0 Å². The highest BCUT2D eigenvalue weighted by molar-refractivity contribution is 7.16. The Kier molecular flexibility index (Phi) is 6.38. The molecule has 2 atom stereocenters. The molecule has 1 aromatic heterocycles. The Morgan fingerprint density at radius 1 is 1.33 bits per heavy atom. The lowest BCUT2D eigenvalue weighted by atomic mass is 10.1. The smallest absolute Gasteiger partial charge is 0.193 e. The van der Waals surface area contributed by atoms with E-state index in [0.29, 0.717) is 5.92 Å². The number of aliphatic imine (C=N–C) groups is 1. The van der Waals surface area contributed by atoms with E-state index < -0.39 is 0 Å². The molecule has 1 saturated carbocycles. The summed E-state index contributed by atoms with van der Waals surface area (Å²) in [4.78, 5) is 10.5. The highest BCUT2D eigenvalue weighted by atomic mass is 35.5. The van der Waals surface area contributed by atoms with Gasteiger partial charge in [0.05, 0.1) is 10.4 Å². The topological polar surface area (TPSA) is 51.1 Å². The first-order chi connectivity index (χ1) is 11.7. The maximum atomic E-state index is 9.95. The van der Waals surface area contributed by atoms with Gasteiger partial charge in [-0.1, -0.05) is 18.0 Å². The van der Waals surface area contributed by atoms with Gasteiger partial charge in [0.1, 0.15) is 0 Å². The number of thiophene rings is 1. The van der Waals surface area contributed by atoms with E-state index in [1.165, 1.54) is 4.88 Å². The van der Waals surface area contributed by atoms with Crippen LogP contribution in [0.2, 0.25) is 4.34 Å². The minimum Gasteiger partial charge on any atom is -0.393 e. The number of rotatable bonds is 4. The van der Waals surface area contributed by atoms with Crippen LogP contribution in [0.5, 0.6) is 0 Å². The zero-order valence-electron chi connectivity index (χ0n) is 14.2. The Labute approximate surface area is 153 Å². The number of hydrogen-bond acceptors (Lipinski definition) is 4. The molecule has 0 bridgehead atoms. The molecule has 24 heavy (non-hydrogen) atoms. The molecule has 134 valence electrons.